The molecule has 6 nitrogen and oxygen atoms in total. The highest BCUT2D eigenvalue weighted by Gasteiger charge is 2.04. The molecule has 0 saturated carbocycles. The molecule has 2 aromatic heterocycles. The number of benzene rings is 1. The van der Waals surface area contributed by atoms with Gasteiger partial charge < -0.3 is 5.73 Å². The van der Waals surface area contributed by atoms with Crippen LogP contribution in [0.1, 0.15) is 27.2 Å². The van der Waals surface area contributed by atoms with E-state index in [1.54, 1.807) is 23.0 Å². The summed E-state index contributed by atoms with van der Waals surface area (Å²) in [4.78, 5) is 15.1. The van der Waals surface area contributed by atoms with Crippen LogP contribution in [0.15, 0.2) is 55.0 Å². The van der Waals surface area contributed by atoms with Crippen LogP contribution in [-0.4, -0.2) is 25.9 Å². The molecule has 3 aromatic rings. The van der Waals surface area contributed by atoms with Crippen molar-refractivity contribution < 1.29 is 4.79 Å². The molecule has 1 amide bonds. The van der Waals surface area contributed by atoms with Crippen LogP contribution >= 0.6 is 0 Å². The SMILES string of the molecule is NC(=O)c1ccc(Cn2cc(Cc3cccnc3)nn2)cc1. The van der Waals surface area contributed by atoms with Crippen molar-refractivity contribution in [1.29, 1.82) is 0 Å². The number of nitrogens with zero attached hydrogens (tertiary/aromatic N) is 4. The van der Waals surface area contributed by atoms with Crippen molar-refractivity contribution in [3.8, 4) is 0 Å². The van der Waals surface area contributed by atoms with E-state index in [0.717, 1.165) is 16.8 Å². The number of nitrogens with two attached hydrogens (primary N) is 1. The summed E-state index contributed by atoms with van der Waals surface area (Å²) in [6, 6.07) is 11.1. The number of hydrogen-bond acceptors (Lipinski definition) is 4. The summed E-state index contributed by atoms with van der Waals surface area (Å²) >= 11 is 0. The fourth-order valence-electron chi connectivity index (χ4n) is 2.17. The van der Waals surface area contributed by atoms with Crippen molar-refractivity contribution >= 4 is 5.91 Å². The van der Waals surface area contributed by atoms with Crippen LogP contribution in [0, 0.1) is 0 Å². The molecule has 1 aromatic carbocycles. The van der Waals surface area contributed by atoms with E-state index in [4.69, 9.17) is 5.73 Å². The summed E-state index contributed by atoms with van der Waals surface area (Å²) in [5, 5.41) is 8.28. The van der Waals surface area contributed by atoms with Crippen molar-refractivity contribution in [2.75, 3.05) is 0 Å². The third-order valence-electron chi connectivity index (χ3n) is 3.28. The van der Waals surface area contributed by atoms with Gasteiger partial charge in [-0.2, -0.15) is 0 Å². The van der Waals surface area contributed by atoms with Crippen LogP contribution in [0.5, 0.6) is 0 Å². The van der Waals surface area contributed by atoms with Crippen molar-refractivity contribution in [2.45, 2.75) is 13.0 Å². The van der Waals surface area contributed by atoms with Crippen molar-refractivity contribution in [1.82, 2.24) is 20.0 Å². The lowest BCUT2D eigenvalue weighted by Crippen LogP contribution is -2.10. The summed E-state index contributed by atoms with van der Waals surface area (Å²) in [6.07, 6.45) is 6.18. The van der Waals surface area contributed by atoms with Gasteiger partial charge in [0.25, 0.3) is 0 Å². The maximum Gasteiger partial charge on any atom is 0.248 e. The predicted octanol–water partition coefficient (Wildman–Crippen LogP) is 1.41. The van der Waals surface area contributed by atoms with Gasteiger partial charge in [0.1, 0.15) is 0 Å². The Labute approximate surface area is 127 Å². The van der Waals surface area contributed by atoms with E-state index in [9.17, 15) is 4.79 Å². The van der Waals surface area contributed by atoms with Crippen LogP contribution in [0.3, 0.4) is 0 Å². The quantitative estimate of drug-likeness (QED) is 0.770. The Kier molecular flexibility index (Phi) is 3.91. The number of hydrogen-bond donors (Lipinski definition) is 1. The van der Waals surface area contributed by atoms with Gasteiger partial charge in [0.05, 0.1) is 12.2 Å². The lowest BCUT2D eigenvalue weighted by molar-refractivity contribution is 0.100. The zero-order valence-corrected chi connectivity index (χ0v) is 11.9. The molecule has 0 spiro atoms. The predicted molar refractivity (Wildman–Crippen MR) is 81.1 cm³/mol. The molecule has 0 saturated heterocycles. The fraction of sp³-hybridized carbons (Fsp3) is 0.125. The highest BCUT2D eigenvalue weighted by atomic mass is 16.1. The van der Waals surface area contributed by atoms with E-state index in [-0.39, 0.29) is 0 Å². The van der Waals surface area contributed by atoms with Gasteiger partial charge in [-0.25, -0.2) is 4.68 Å². The van der Waals surface area contributed by atoms with Gasteiger partial charge in [0.15, 0.2) is 0 Å². The number of amides is 1. The molecule has 0 atom stereocenters. The second-order valence-electron chi connectivity index (χ2n) is 5.01. The Hall–Kier alpha value is -3.02. The molecule has 0 fully saturated rings. The molecular weight excluding hydrogens is 278 g/mol. The third kappa shape index (κ3) is 3.35. The van der Waals surface area contributed by atoms with E-state index < -0.39 is 5.91 Å². The summed E-state index contributed by atoms with van der Waals surface area (Å²) in [5.41, 5.74) is 8.74. The van der Waals surface area contributed by atoms with Gasteiger partial charge in [-0.3, -0.25) is 9.78 Å². The number of aromatic nitrogens is 4. The Morgan fingerprint density at radius 1 is 1.14 bits per heavy atom. The first-order chi connectivity index (χ1) is 10.7. The maximum absolute atomic E-state index is 11.0. The van der Waals surface area contributed by atoms with E-state index in [2.05, 4.69) is 15.3 Å². The van der Waals surface area contributed by atoms with Gasteiger partial charge in [-0.05, 0) is 29.3 Å². The number of primary amides is 1. The Morgan fingerprint density at radius 2 is 1.95 bits per heavy atom. The zero-order chi connectivity index (χ0) is 15.4. The van der Waals surface area contributed by atoms with Crippen LogP contribution in [0.2, 0.25) is 0 Å². The lowest BCUT2D eigenvalue weighted by Gasteiger charge is -2.02. The number of carbonyl (C=O) groups is 1. The van der Waals surface area contributed by atoms with E-state index >= 15 is 0 Å². The van der Waals surface area contributed by atoms with Gasteiger partial charge in [-0.1, -0.05) is 23.4 Å². The summed E-state index contributed by atoms with van der Waals surface area (Å²) in [5.74, 6) is -0.425. The van der Waals surface area contributed by atoms with Crippen LogP contribution < -0.4 is 5.73 Å². The molecule has 0 unspecified atom stereocenters. The van der Waals surface area contributed by atoms with Crippen LogP contribution in [0.4, 0.5) is 0 Å². The highest BCUT2D eigenvalue weighted by Crippen LogP contribution is 2.08. The Bertz CT molecular complexity index is 765. The molecule has 3 rings (SSSR count). The molecule has 0 aliphatic heterocycles. The molecular formula is C16H15N5O. The molecule has 110 valence electrons. The van der Waals surface area contributed by atoms with Crippen LogP contribution in [-0.2, 0) is 13.0 Å². The minimum absolute atomic E-state index is 0.425. The first-order valence-electron chi connectivity index (χ1n) is 6.87. The fourth-order valence-corrected chi connectivity index (χ4v) is 2.17. The largest absolute Gasteiger partial charge is 0.366 e. The molecule has 0 aliphatic carbocycles. The zero-order valence-electron chi connectivity index (χ0n) is 11.9. The van der Waals surface area contributed by atoms with Crippen molar-refractivity contribution in [2.24, 2.45) is 5.73 Å². The summed E-state index contributed by atoms with van der Waals surface area (Å²) in [7, 11) is 0. The molecule has 2 heterocycles. The lowest BCUT2D eigenvalue weighted by atomic mass is 10.1. The van der Waals surface area contributed by atoms with Crippen molar-refractivity contribution in [3.05, 3.63) is 77.4 Å². The van der Waals surface area contributed by atoms with E-state index in [0.29, 0.717) is 18.5 Å². The molecule has 2 N–H and O–H groups in total. The van der Waals surface area contributed by atoms with E-state index in [1.807, 2.05) is 36.7 Å². The minimum atomic E-state index is -0.425. The highest BCUT2D eigenvalue weighted by molar-refractivity contribution is 5.92. The molecule has 22 heavy (non-hydrogen) atoms. The first kappa shape index (κ1) is 13.9. The van der Waals surface area contributed by atoms with E-state index in [1.165, 1.54) is 0 Å². The molecule has 0 aliphatic rings. The summed E-state index contributed by atoms with van der Waals surface area (Å²) in [6.45, 7) is 0.596. The molecule has 0 bridgehead atoms. The molecule has 0 radical (unpaired) electrons. The van der Waals surface area contributed by atoms with Gasteiger partial charge >= 0.3 is 0 Å². The Morgan fingerprint density at radius 3 is 2.64 bits per heavy atom. The number of rotatable bonds is 5. The first-order valence-corrected chi connectivity index (χ1v) is 6.87. The number of carbonyl (C=O) groups excluding carboxylic acids is 1. The van der Waals surface area contributed by atoms with Gasteiger partial charge in [0, 0.05) is 30.6 Å². The van der Waals surface area contributed by atoms with Crippen molar-refractivity contribution in [3.63, 3.8) is 0 Å². The number of pyridine rings is 1. The second kappa shape index (κ2) is 6.17. The average molecular weight is 293 g/mol. The topological polar surface area (TPSA) is 86.7 Å². The monoisotopic (exact) mass is 293 g/mol. The molecule has 6 heteroatoms. The average Bonchev–Trinajstić information content (AvgIpc) is 2.96. The van der Waals surface area contributed by atoms with Crippen LogP contribution in [0.25, 0.3) is 0 Å². The minimum Gasteiger partial charge on any atom is -0.366 e. The Balaban J connectivity index is 1.67. The van der Waals surface area contributed by atoms with Gasteiger partial charge in [-0.15, -0.1) is 5.10 Å². The standard InChI is InChI=1S/C16H15N5O/c17-16(22)14-5-3-12(4-6-14)10-21-11-15(19-20-21)8-13-2-1-7-18-9-13/h1-7,9,11H,8,10H2,(H2,17,22). The second-order valence-corrected chi connectivity index (χ2v) is 5.01. The normalized spacial score (nSPS) is 10.5. The third-order valence-corrected chi connectivity index (χ3v) is 3.28. The maximum atomic E-state index is 11.0. The van der Waals surface area contributed by atoms with Gasteiger partial charge in [0.2, 0.25) is 5.91 Å². The summed E-state index contributed by atoms with van der Waals surface area (Å²) < 4.78 is 1.77. The smallest absolute Gasteiger partial charge is 0.248 e.